The van der Waals surface area contributed by atoms with Gasteiger partial charge in [-0.15, -0.1) is 0 Å². The van der Waals surface area contributed by atoms with Crippen molar-refractivity contribution in [2.24, 2.45) is 5.92 Å². The summed E-state index contributed by atoms with van der Waals surface area (Å²) in [6.45, 7) is 2.07. The number of rotatable bonds is 6. The number of likely N-dealkylation sites (tertiary alicyclic amines) is 1. The highest BCUT2D eigenvalue weighted by Gasteiger charge is 2.30. The lowest BCUT2D eigenvalue weighted by atomic mass is 9.96. The summed E-state index contributed by atoms with van der Waals surface area (Å²) in [5.74, 6) is -1.37. The molecule has 1 saturated heterocycles. The molecule has 1 unspecified atom stereocenters. The Morgan fingerprint density at radius 3 is 2.69 bits per heavy atom. The van der Waals surface area contributed by atoms with Crippen LogP contribution in [0.1, 0.15) is 46.3 Å². The van der Waals surface area contributed by atoms with Crippen LogP contribution in [0.4, 0.5) is 8.78 Å². The molecule has 11 heteroatoms. The third-order valence-electron chi connectivity index (χ3n) is 6.23. The van der Waals surface area contributed by atoms with E-state index in [9.17, 15) is 23.2 Å². The number of carbonyl (C=O) groups is 3. The van der Waals surface area contributed by atoms with Crippen LogP contribution in [0.15, 0.2) is 42.5 Å². The molecule has 4 rings (SSSR count). The van der Waals surface area contributed by atoms with Crippen LogP contribution < -0.4 is 15.6 Å². The van der Waals surface area contributed by atoms with E-state index in [1.54, 1.807) is 18.2 Å². The number of nitrogens with zero attached hydrogens (tertiary/aromatic N) is 3. The summed E-state index contributed by atoms with van der Waals surface area (Å²) in [6.07, 6.45) is 1.06. The lowest BCUT2D eigenvalue weighted by Gasteiger charge is -2.32. The number of aromatic nitrogens is 2. The number of benzene rings is 2. The van der Waals surface area contributed by atoms with Crippen LogP contribution in [0.5, 0.6) is 5.75 Å². The number of hydrogen-bond acceptors (Lipinski definition) is 5. The Morgan fingerprint density at radius 2 is 1.94 bits per heavy atom. The predicted octanol–water partition coefficient (Wildman–Crippen LogP) is 3.28. The van der Waals surface area contributed by atoms with Crippen LogP contribution >= 0.6 is 0 Å². The van der Waals surface area contributed by atoms with Gasteiger partial charge < -0.3 is 14.2 Å². The number of halogens is 2. The molecule has 1 aromatic heterocycles. The number of piperidine rings is 1. The topological polar surface area (TPSA) is 106 Å². The van der Waals surface area contributed by atoms with Crippen molar-refractivity contribution in [2.45, 2.75) is 39.8 Å². The minimum Gasteiger partial charge on any atom is -0.434 e. The molecule has 1 aliphatic heterocycles. The van der Waals surface area contributed by atoms with Crippen molar-refractivity contribution in [3.63, 3.8) is 0 Å². The zero-order chi connectivity index (χ0) is 25.8. The second-order valence-corrected chi connectivity index (χ2v) is 8.52. The number of ether oxygens (including phenoxy) is 1. The zero-order valence-corrected chi connectivity index (χ0v) is 20.0. The second kappa shape index (κ2) is 10.7. The maximum Gasteiger partial charge on any atom is 0.387 e. The number of carbonyl (C=O) groups excluding carboxylic acids is 3. The standard InChI is InChI=1S/C25H27F2N5O4/c1-3-32-15(2)28-19-13-16(10-11-20(19)32)22(33)29-30-23(34)17-7-6-12-31(14-17)24(35)18-8-4-5-9-21(18)36-25(26)27/h4-5,8-11,13,17,25H,3,6-7,12,14H2,1-2H3,(H,29,33)(H,30,34). The number of aryl methyl sites for hydroxylation is 2. The molecule has 0 radical (unpaired) electrons. The highest BCUT2D eigenvalue weighted by molar-refractivity contribution is 5.99. The fourth-order valence-corrected chi connectivity index (χ4v) is 4.47. The van der Waals surface area contributed by atoms with E-state index in [2.05, 4.69) is 20.6 Å². The summed E-state index contributed by atoms with van der Waals surface area (Å²) in [6, 6.07) is 10.9. The van der Waals surface area contributed by atoms with Gasteiger partial charge in [0.25, 0.3) is 11.8 Å². The van der Waals surface area contributed by atoms with Crippen molar-refractivity contribution < 1.29 is 27.9 Å². The first-order valence-electron chi connectivity index (χ1n) is 11.7. The van der Waals surface area contributed by atoms with Gasteiger partial charge in [0.15, 0.2) is 0 Å². The molecule has 0 aliphatic carbocycles. The minimum atomic E-state index is -3.06. The van der Waals surface area contributed by atoms with E-state index in [4.69, 9.17) is 0 Å². The van der Waals surface area contributed by atoms with Crippen molar-refractivity contribution in [3.05, 3.63) is 59.4 Å². The average Bonchev–Trinajstić information content (AvgIpc) is 3.20. The molecule has 9 nitrogen and oxygen atoms in total. The molecule has 2 aromatic carbocycles. The number of hydrogen-bond donors (Lipinski definition) is 2. The molecule has 1 atom stereocenters. The first kappa shape index (κ1) is 25.1. The van der Waals surface area contributed by atoms with Crippen LogP contribution in [0.2, 0.25) is 0 Å². The van der Waals surface area contributed by atoms with Gasteiger partial charge in [0.2, 0.25) is 5.91 Å². The van der Waals surface area contributed by atoms with Crippen LogP contribution in [0, 0.1) is 12.8 Å². The number of para-hydroxylation sites is 1. The Balaban J connectivity index is 1.37. The first-order valence-corrected chi connectivity index (χ1v) is 11.7. The summed E-state index contributed by atoms with van der Waals surface area (Å²) >= 11 is 0. The highest BCUT2D eigenvalue weighted by Crippen LogP contribution is 2.25. The number of alkyl halides is 2. The maximum absolute atomic E-state index is 13.0. The Bertz CT molecular complexity index is 1290. The molecular weight excluding hydrogens is 472 g/mol. The van der Waals surface area contributed by atoms with E-state index < -0.39 is 30.3 Å². The van der Waals surface area contributed by atoms with Gasteiger partial charge in [0.1, 0.15) is 11.6 Å². The number of nitrogens with one attached hydrogen (secondary N) is 2. The predicted molar refractivity (Wildman–Crippen MR) is 127 cm³/mol. The van der Waals surface area contributed by atoms with Crippen LogP contribution in [-0.4, -0.2) is 51.9 Å². The molecule has 0 bridgehead atoms. The third kappa shape index (κ3) is 5.29. The van der Waals surface area contributed by atoms with Gasteiger partial charge in [-0.1, -0.05) is 12.1 Å². The van der Waals surface area contributed by atoms with E-state index in [0.29, 0.717) is 30.5 Å². The average molecular weight is 500 g/mol. The summed E-state index contributed by atoms with van der Waals surface area (Å²) < 4.78 is 31.9. The van der Waals surface area contributed by atoms with Gasteiger partial charge in [-0.3, -0.25) is 25.2 Å². The van der Waals surface area contributed by atoms with Gasteiger partial charge in [-0.25, -0.2) is 4.98 Å². The highest BCUT2D eigenvalue weighted by atomic mass is 19.3. The third-order valence-corrected chi connectivity index (χ3v) is 6.23. The zero-order valence-electron chi connectivity index (χ0n) is 20.0. The van der Waals surface area contributed by atoms with E-state index in [1.807, 2.05) is 24.5 Å². The lowest BCUT2D eigenvalue weighted by molar-refractivity contribution is -0.127. The Morgan fingerprint density at radius 1 is 1.17 bits per heavy atom. The van der Waals surface area contributed by atoms with Crippen molar-refractivity contribution in [2.75, 3.05) is 13.1 Å². The van der Waals surface area contributed by atoms with Crippen LogP contribution in [-0.2, 0) is 11.3 Å². The first-order chi connectivity index (χ1) is 17.3. The van der Waals surface area contributed by atoms with Gasteiger partial charge in [-0.2, -0.15) is 8.78 Å². The molecule has 1 fully saturated rings. The van der Waals surface area contributed by atoms with Crippen molar-refractivity contribution in [1.29, 1.82) is 0 Å². The van der Waals surface area contributed by atoms with E-state index in [-0.39, 0.29) is 17.9 Å². The van der Waals surface area contributed by atoms with Gasteiger partial charge in [0.05, 0.1) is 22.5 Å². The van der Waals surface area contributed by atoms with Crippen molar-refractivity contribution >= 4 is 28.8 Å². The summed E-state index contributed by atoms with van der Waals surface area (Å²) in [5.41, 5.74) is 6.82. The number of hydrazine groups is 1. The van der Waals surface area contributed by atoms with Gasteiger partial charge in [0, 0.05) is 25.2 Å². The SMILES string of the molecule is CCn1c(C)nc2cc(C(=O)NNC(=O)C3CCCN(C(=O)c4ccccc4OC(F)F)C3)ccc21. The quantitative estimate of drug-likeness (QED) is 0.507. The molecule has 0 saturated carbocycles. The molecule has 36 heavy (non-hydrogen) atoms. The summed E-state index contributed by atoms with van der Waals surface area (Å²) in [5, 5.41) is 0. The molecule has 190 valence electrons. The maximum atomic E-state index is 13.0. The van der Waals surface area contributed by atoms with Crippen LogP contribution in [0.25, 0.3) is 11.0 Å². The van der Waals surface area contributed by atoms with Gasteiger partial charge >= 0.3 is 6.61 Å². The molecular formula is C25H27F2N5O4. The molecule has 2 N–H and O–H groups in total. The normalized spacial score (nSPS) is 15.7. The Labute approximate surface area is 206 Å². The monoisotopic (exact) mass is 499 g/mol. The molecule has 3 amide bonds. The van der Waals surface area contributed by atoms with Crippen molar-refractivity contribution in [1.82, 2.24) is 25.3 Å². The summed E-state index contributed by atoms with van der Waals surface area (Å²) in [4.78, 5) is 44.2. The number of fused-ring (bicyclic) bond motifs is 1. The molecule has 2 heterocycles. The lowest BCUT2D eigenvalue weighted by Crippen LogP contribution is -2.50. The number of imidazole rings is 1. The second-order valence-electron chi connectivity index (χ2n) is 8.52. The minimum absolute atomic E-state index is 0.00306. The smallest absolute Gasteiger partial charge is 0.387 e. The molecule has 0 spiro atoms. The van der Waals surface area contributed by atoms with Crippen LogP contribution in [0.3, 0.4) is 0 Å². The van der Waals surface area contributed by atoms with E-state index >= 15 is 0 Å². The van der Waals surface area contributed by atoms with E-state index in [1.165, 1.54) is 23.1 Å². The van der Waals surface area contributed by atoms with Gasteiger partial charge in [-0.05, 0) is 57.0 Å². The Hall–Kier alpha value is -4.02. The Kier molecular flexibility index (Phi) is 7.47. The van der Waals surface area contributed by atoms with Crippen molar-refractivity contribution in [3.8, 4) is 5.75 Å². The summed E-state index contributed by atoms with van der Waals surface area (Å²) in [7, 11) is 0. The molecule has 3 aromatic rings. The largest absolute Gasteiger partial charge is 0.434 e. The number of amides is 3. The fourth-order valence-electron chi connectivity index (χ4n) is 4.47. The van der Waals surface area contributed by atoms with E-state index in [0.717, 1.165) is 17.9 Å². The molecule has 1 aliphatic rings. The fraction of sp³-hybridized carbons (Fsp3) is 0.360.